The zero-order valence-electron chi connectivity index (χ0n) is 12.7. The first-order chi connectivity index (χ1) is 9.17. The van der Waals surface area contributed by atoms with Gasteiger partial charge in [0, 0.05) is 31.1 Å². The minimum atomic E-state index is 0.415. The molecule has 0 saturated heterocycles. The second-order valence-corrected chi connectivity index (χ2v) is 7.17. The second-order valence-electron chi connectivity index (χ2n) is 6.17. The maximum Gasteiger partial charge on any atom is 0.0245 e. The van der Waals surface area contributed by atoms with Crippen molar-refractivity contribution in [3.05, 3.63) is 21.9 Å². The van der Waals surface area contributed by atoms with E-state index in [2.05, 4.69) is 42.4 Å². The minimum absolute atomic E-state index is 0.415. The Hall–Kier alpha value is -0.380. The quantitative estimate of drug-likeness (QED) is 0.822. The van der Waals surface area contributed by atoms with Crippen LogP contribution in [0.2, 0.25) is 0 Å². The van der Waals surface area contributed by atoms with Crippen molar-refractivity contribution >= 4 is 11.3 Å². The van der Waals surface area contributed by atoms with Crippen LogP contribution >= 0.6 is 11.3 Å². The van der Waals surface area contributed by atoms with Crippen molar-refractivity contribution < 1.29 is 0 Å². The molecule has 3 heteroatoms. The van der Waals surface area contributed by atoms with E-state index in [0.29, 0.717) is 5.41 Å². The summed E-state index contributed by atoms with van der Waals surface area (Å²) in [4.78, 5) is 4.27. The fraction of sp³-hybridized carbons (Fsp3) is 0.750. The van der Waals surface area contributed by atoms with Gasteiger partial charge in [0.05, 0.1) is 0 Å². The molecule has 1 unspecified atom stereocenters. The van der Waals surface area contributed by atoms with E-state index in [1.807, 2.05) is 11.3 Å². The number of thiophene rings is 1. The Labute approximate surface area is 122 Å². The van der Waals surface area contributed by atoms with Gasteiger partial charge in [0.1, 0.15) is 0 Å². The lowest BCUT2D eigenvalue weighted by molar-refractivity contribution is 0.139. The Morgan fingerprint density at radius 3 is 3.00 bits per heavy atom. The normalized spacial score (nSPS) is 19.1. The average Bonchev–Trinajstić information content (AvgIpc) is 2.84. The van der Waals surface area contributed by atoms with Crippen LogP contribution in [-0.2, 0) is 13.0 Å². The van der Waals surface area contributed by atoms with Gasteiger partial charge in [0.15, 0.2) is 0 Å². The third kappa shape index (κ3) is 4.04. The van der Waals surface area contributed by atoms with Crippen molar-refractivity contribution in [2.75, 3.05) is 26.2 Å². The predicted molar refractivity (Wildman–Crippen MR) is 84.9 cm³/mol. The molecule has 1 N–H and O–H groups in total. The van der Waals surface area contributed by atoms with Gasteiger partial charge in [0.25, 0.3) is 0 Å². The van der Waals surface area contributed by atoms with E-state index in [4.69, 9.17) is 0 Å². The topological polar surface area (TPSA) is 15.3 Å². The molecule has 1 atom stereocenters. The van der Waals surface area contributed by atoms with Crippen molar-refractivity contribution in [2.45, 2.75) is 46.6 Å². The predicted octanol–water partition coefficient (Wildman–Crippen LogP) is 3.52. The summed E-state index contributed by atoms with van der Waals surface area (Å²) < 4.78 is 0. The highest BCUT2D eigenvalue weighted by Crippen LogP contribution is 2.29. The number of nitrogens with one attached hydrogen (secondary N) is 1. The van der Waals surface area contributed by atoms with Gasteiger partial charge < -0.3 is 5.32 Å². The molecular weight excluding hydrogens is 252 g/mol. The van der Waals surface area contributed by atoms with Crippen molar-refractivity contribution in [2.24, 2.45) is 5.41 Å². The zero-order chi connectivity index (χ0) is 13.7. The van der Waals surface area contributed by atoms with Crippen molar-refractivity contribution in [3.63, 3.8) is 0 Å². The fourth-order valence-corrected chi connectivity index (χ4v) is 4.13. The molecule has 1 aromatic heterocycles. The Bertz CT molecular complexity index is 388. The first-order valence-electron chi connectivity index (χ1n) is 7.65. The molecule has 1 aliphatic rings. The van der Waals surface area contributed by atoms with Crippen LogP contribution in [0.15, 0.2) is 11.4 Å². The van der Waals surface area contributed by atoms with Crippen LogP contribution in [0.4, 0.5) is 0 Å². The van der Waals surface area contributed by atoms with Crippen LogP contribution in [-0.4, -0.2) is 31.1 Å². The Morgan fingerprint density at radius 2 is 2.26 bits per heavy atom. The van der Waals surface area contributed by atoms with Gasteiger partial charge in [-0.3, -0.25) is 4.90 Å². The number of fused-ring (bicyclic) bond motifs is 1. The zero-order valence-corrected chi connectivity index (χ0v) is 13.5. The summed E-state index contributed by atoms with van der Waals surface area (Å²) >= 11 is 1.93. The van der Waals surface area contributed by atoms with Crippen LogP contribution in [0.5, 0.6) is 0 Å². The number of hydrogen-bond donors (Lipinski definition) is 1. The van der Waals surface area contributed by atoms with Gasteiger partial charge >= 0.3 is 0 Å². The number of hydrogen-bond acceptors (Lipinski definition) is 3. The maximum atomic E-state index is 3.55. The van der Waals surface area contributed by atoms with Gasteiger partial charge in [-0.25, -0.2) is 0 Å². The fourth-order valence-electron chi connectivity index (χ4n) is 3.24. The summed E-state index contributed by atoms with van der Waals surface area (Å²) in [6.07, 6.45) is 3.84. The van der Waals surface area contributed by atoms with E-state index < -0.39 is 0 Å². The number of rotatable bonds is 7. The van der Waals surface area contributed by atoms with E-state index in [9.17, 15) is 0 Å². The molecule has 0 radical (unpaired) electrons. The summed E-state index contributed by atoms with van der Waals surface area (Å²) in [5.41, 5.74) is 1.98. The van der Waals surface area contributed by atoms with Crippen molar-refractivity contribution in [1.82, 2.24) is 10.2 Å². The first-order valence-corrected chi connectivity index (χ1v) is 8.53. The smallest absolute Gasteiger partial charge is 0.0245 e. The van der Waals surface area contributed by atoms with Crippen LogP contribution in [0.3, 0.4) is 0 Å². The SMILES string of the molecule is CCCC(C)(CNCC)CN1CCc2sccc2C1. The highest BCUT2D eigenvalue weighted by Gasteiger charge is 2.28. The lowest BCUT2D eigenvalue weighted by atomic mass is 9.84. The third-order valence-electron chi connectivity index (χ3n) is 4.15. The molecule has 0 fully saturated rings. The van der Waals surface area contributed by atoms with Crippen molar-refractivity contribution in [3.8, 4) is 0 Å². The Morgan fingerprint density at radius 1 is 1.42 bits per heavy atom. The standard InChI is InChI=1S/C16H28N2S/c1-4-8-16(3,12-17-5-2)13-18-9-6-15-14(11-18)7-10-19-15/h7,10,17H,4-6,8-9,11-13H2,1-3H3. The molecule has 1 aromatic rings. The highest BCUT2D eigenvalue weighted by molar-refractivity contribution is 7.10. The maximum absolute atomic E-state index is 3.55. The molecule has 0 saturated carbocycles. The summed E-state index contributed by atoms with van der Waals surface area (Å²) in [6, 6.07) is 2.31. The largest absolute Gasteiger partial charge is 0.316 e. The molecule has 2 nitrogen and oxygen atoms in total. The van der Waals surface area contributed by atoms with E-state index in [1.54, 1.807) is 10.4 Å². The van der Waals surface area contributed by atoms with Gasteiger partial charge in [0.2, 0.25) is 0 Å². The molecule has 0 bridgehead atoms. The third-order valence-corrected chi connectivity index (χ3v) is 5.17. The van der Waals surface area contributed by atoms with Crippen molar-refractivity contribution in [1.29, 1.82) is 0 Å². The molecule has 0 aliphatic carbocycles. The Balaban J connectivity index is 1.94. The molecule has 2 heterocycles. The lowest BCUT2D eigenvalue weighted by Crippen LogP contribution is -2.43. The molecule has 108 valence electrons. The van der Waals surface area contributed by atoms with E-state index >= 15 is 0 Å². The van der Waals surface area contributed by atoms with Crippen LogP contribution in [0, 0.1) is 5.41 Å². The molecule has 0 amide bonds. The summed E-state index contributed by atoms with van der Waals surface area (Å²) in [7, 11) is 0. The molecular formula is C16H28N2S. The molecule has 0 spiro atoms. The molecule has 1 aliphatic heterocycles. The van der Waals surface area contributed by atoms with Gasteiger partial charge in [-0.05, 0) is 41.8 Å². The van der Waals surface area contributed by atoms with E-state index in [1.165, 1.54) is 32.4 Å². The number of nitrogens with zero attached hydrogens (tertiary/aromatic N) is 1. The first kappa shape index (κ1) is 15.0. The van der Waals surface area contributed by atoms with Gasteiger partial charge in [-0.15, -0.1) is 11.3 Å². The molecule has 19 heavy (non-hydrogen) atoms. The summed E-state index contributed by atoms with van der Waals surface area (Å²) in [5.74, 6) is 0. The molecule has 0 aromatic carbocycles. The molecule has 2 rings (SSSR count). The van der Waals surface area contributed by atoms with E-state index in [0.717, 1.165) is 19.6 Å². The summed E-state index contributed by atoms with van der Waals surface area (Å²) in [6.45, 7) is 12.8. The second kappa shape index (κ2) is 6.87. The van der Waals surface area contributed by atoms with Crippen LogP contribution in [0.1, 0.15) is 44.1 Å². The van der Waals surface area contributed by atoms with Gasteiger partial charge in [-0.2, -0.15) is 0 Å². The highest BCUT2D eigenvalue weighted by atomic mass is 32.1. The van der Waals surface area contributed by atoms with Crippen LogP contribution in [0.25, 0.3) is 0 Å². The van der Waals surface area contributed by atoms with Crippen LogP contribution < -0.4 is 5.32 Å². The lowest BCUT2D eigenvalue weighted by Gasteiger charge is -2.37. The Kier molecular flexibility index (Phi) is 5.43. The minimum Gasteiger partial charge on any atom is -0.316 e. The monoisotopic (exact) mass is 280 g/mol. The van der Waals surface area contributed by atoms with E-state index in [-0.39, 0.29) is 0 Å². The van der Waals surface area contributed by atoms with Gasteiger partial charge in [-0.1, -0.05) is 27.2 Å². The summed E-state index contributed by atoms with van der Waals surface area (Å²) in [5, 5.41) is 5.80. The average molecular weight is 280 g/mol.